The maximum absolute atomic E-state index is 13.7. The number of hydrogen-bond acceptors (Lipinski definition) is 5. The summed E-state index contributed by atoms with van der Waals surface area (Å²) in [5.41, 5.74) is 2.15. The van der Waals surface area contributed by atoms with Crippen LogP contribution in [0.4, 0.5) is 0 Å². The van der Waals surface area contributed by atoms with Crippen molar-refractivity contribution in [2.45, 2.75) is 28.0 Å². The molecule has 0 unspecified atom stereocenters. The maximum Gasteiger partial charge on any atom is 0.230 e. The first-order chi connectivity index (χ1) is 16.0. The summed E-state index contributed by atoms with van der Waals surface area (Å²) in [4.78, 5) is 8.05. The summed E-state index contributed by atoms with van der Waals surface area (Å²) < 4.78 is 32.9. The second-order valence-electron chi connectivity index (χ2n) is 8.15. The summed E-state index contributed by atoms with van der Waals surface area (Å²) in [5.74, 6) is 1.18. The third-order valence-corrected chi connectivity index (χ3v) is 8.13. The van der Waals surface area contributed by atoms with E-state index in [1.165, 1.54) is 5.56 Å². The van der Waals surface area contributed by atoms with Gasteiger partial charge in [0.2, 0.25) is 21.6 Å². The average Bonchev–Trinajstić information content (AvgIpc) is 3.31. The number of nitrogens with zero attached hydrogens (tertiary/aromatic N) is 2. The lowest BCUT2D eigenvalue weighted by atomic mass is 10.1. The van der Waals surface area contributed by atoms with Crippen LogP contribution < -0.4 is 0 Å². The molecule has 2 heterocycles. The zero-order valence-corrected chi connectivity index (χ0v) is 18.8. The fourth-order valence-electron chi connectivity index (χ4n) is 4.32. The predicted molar refractivity (Wildman–Crippen MR) is 125 cm³/mol. The molecular formula is C25H18ClN3O3S. The number of aromatic amines is 1. The Morgan fingerprint density at radius 3 is 2.42 bits per heavy atom. The van der Waals surface area contributed by atoms with Crippen molar-refractivity contribution in [3.63, 3.8) is 0 Å². The van der Waals surface area contributed by atoms with E-state index in [0.717, 1.165) is 6.42 Å². The van der Waals surface area contributed by atoms with Gasteiger partial charge in [-0.25, -0.2) is 8.42 Å². The van der Waals surface area contributed by atoms with Gasteiger partial charge in [-0.05, 0) is 48.2 Å². The van der Waals surface area contributed by atoms with Gasteiger partial charge in [-0.2, -0.15) is 4.98 Å². The van der Waals surface area contributed by atoms with Crippen molar-refractivity contribution in [1.82, 2.24) is 15.1 Å². The first-order valence-corrected chi connectivity index (χ1v) is 12.4. The minimum atomic E-state index is -3.88. The molecule has 0 aliphatic heterocycles. The Labute approximate surface area is 195 Å². The molecule has 164 valence electrons. The molecule has 6 rings (SSSR count). The van der Waals surface area contributed by atoms with E-state index in [-0.39, 0.29) is 21.5 Å². The van der Waals surface area contributed by atoms with Crippen LogP contribution in [-0.4, -0.2) is 23.5 Å². The molecule has 1 N–H and O–H groups in total. The molecule has 1 fully saturated rings. The summed E-state index contributed by atoms with van der Waals surface area (Å²) in [7, 11) is -3.88. The molecule has 0 amide bonds. The molecule has 0 radical (unpaired) electrons. The van der Waals surface area contributed by atoms with E-state index in [4.69, 9.17) is 16.1 Å². The fourth-order valence-corrected chi connectivity index (χ4v) is 6.11. The summed E-state index contributed by atoms with van der Waals surface area (Å²) >= 11 is 6.21. The summed E-state index contributed by atoms with van der Waals surface area (Å²) in [5, 5.41) is 5.07. The molecule has 33 heavy (non-hydrogen) atoms. The van der Waals surface area contributed by atoms with E-state index in [1.807, 2.05) is 18.2 Å². The van der Waals surface area contributed by atoms with Crippen molar-refractivity contribution in [2.75, 3.05) is 0 Å². The third kappa shape index (κ3) is 3.44. The van der Waals surface area contributed by atoms with Crippen molar-refractivity contribution in [2.24, 2.45) is 0 Å². The molecule has 6 nitrogen and oxygen atoms in total. The number of rotatable bonds is 5. The normalized spacial score (nSPS) is 18.0. The van der Waals surface area contributed by atoms with Gasteiger partial charge in [0.05, 0.1) is 4.90 Å². The van der Waals surface area contributed by atoms with Crippen LogP contribution in [0, 0.1) is 0 Å². The lowest BCUT2D eigenvalue weighted by molar-refractivity contribution is 0.378. The van der Waals surface area contributed by atoms with E-state index in [9.17, 15) is 8.42 Å². The molecule has 1 aliphatic carbocycles. The van der Waals surface area contributed by atoms with Gasteiger partial charge in [-0.1, -0.05) is 65.3 Å². The Bertz CT molecular complexity index is 1580. The number of sulfone groups is 1. The molecule has 1 saturated carbocycles. The van der Waals surface area contributed by atoms with Gasteiger partial charge >= 0.3 is 0 Å². The topological polar surface area (TPSA) is 88.8 Å². The van der Waals surface area contributed by atoms with Crippen molar-refractivity contribution in [3.8, 4) is 11.5 Å². The van der Waals surface area contributed by atoms with Crippen LogP contribution in [0.1, 0.15) is 29.7 Å². The number of halogens is 1. The molecule has 5 aromatic rings. The van der Waals surface area contributed by atoms with Gasteiger partial charge in [-0.15, -0.1) is 0 Å². The van der Waals surface area contributed by atoms with Crippen LogP contribution in [-0.2, 0) is 9.84 Å². The Morgan fingerprint density at radius 1 is 0.939 bits per heavy atom. The largest absolute Gasteiger partial charge is 0.351 e. The van der Waals surface area contributed by atoms with Crippen LogP contribution in [0.25, 0.3) is 22.4 Å². The molecule has 0 bridgehead atoms. The number of benzene rings is 3. The Hall–Kier alpha value is -3.42. The average molecular weight is 476 g/mol. The second kappa shape index (κ2) is 7.57. The van der Waals surface area contributed by atoms with Gasteiger partial charge in [0.25, 0.3) is 0 Å². The highest BCUT2D eigenvalue weighted by Crippen LogP contribution is 2.54. The summed E-state index contributed by atoms with van der Waals surface area (Å²) in [6.07, 6.45) is 0.920. The highest BCUT2D eigenvalue weighted by atomic mass is 35.5. The third-order valence-electron chi connectivity index (χ3n) is 6.04. The molecule has 0 saturated heterocycles. The van der Waals surface area contributed by atoms with Crippen molar-refractivity contribution in [1.29, 1.82) is 0 Å². The van der Waals surface area contributed by atoms with Crippen LogP contribution in [0.3, 0.4) is 0 Å². The predicted octanol–water partition coefficient (Wildman–Crippen LogP) is 5.98. The molecular weight excluding hydrogens is 458 g/mol. The molecule has 3 aromatic carbocycles. The SMILES string of the molecule is O=S(=O)(c1ccccc1)c1c(-c2noc([C@@H]3C[C@H]3c3ccccc3)n2)[nH]c2ccc(Cl)cc12. The zero-order valence-electron chi connectivity index (χ0n) is 17.3. The van der Waals surface area contributed by atoms with Crippen LogP contribution in [0.15, 0.2) is 93.2 Å². The number of aromatic nitrogens is 3. The highest BCUT2D eigenvalue weighted by Gasteiger charge is 2.44. The minimum absolute atomic E-state index is 0.0916. The van der Waals surface area contributed by atoms with E-state index in [1.54, 1.807) is 48.5 Å². The summed E-state index contributed by atoms with van der Waals surface area (Å²) in [6, 6.07) is 23.6. The number of fused-ring (bicyclic) bond motifs is 1. The molecule has 1 aliphatic rings. The maximum atomic E-state index is 13.7. The Balaban J connectivity index is 1.46. The monoisotopic (exact) mass is 475 g/mol. The van der Waals surface area contributed by atoms with Crippen molar-refractivity contribution < 1.29 is 12.9 Å². The van der Waals surface area contributed by atoms with E-state index >= 15 is 0 Å². The van der Waals surface area contributed by atoms with Crippen LogP contribution in [0.2, 0.25) is 5.02 Å². The highest BCUT2D eigenvalue weighted by molar-refractivity contribution is 7.91. The molecule has 2 atom stereocenters. The number of hydrogen-bond donors (Lipinski definition) is 1. The lowest BCUT2D eigenvalue weighted by Gasteiger charge is -2.05. The Morgan fingerprint density at radius 2 is 1.67 bits per heavy atom. The smallest absolute Gasteiger partial charge is 0.230 e. The van der Waals surface area contributed by atoms with Gasteiger partial charge in [0.1, 0.15) is 10.6 Å². The quantitative estimate of drug-likeness (QED) is 0.338. The van der Waals surface area contributed by atoms with E-state index in [0.29, 0.717) is 33.4 Å². The van der Waals surface area contributed by atoms with Crippen LogP contribution in [0.5, 0.6) is 0 Å². The van der Waals surface area contributed by atoms with Gasteiger partial charge in [0.15, 0.2) is 0 Å². The minimum Gasteiger partial charge on any atom is -0.351 e. The van der Waals surface area contributed by atoms with Crippen LogP contribution >= 0.6 is 11.6 Å². The van der Waals surface area contributed by atoms with Gasteiger partial charge in [0, 0.05) is 21.8 Å². The van der Waals surface area contributed by atoms with Crippen molar-refractivity contribution in [3.05, 3.63) is 95.3 Å². The second-order valence-corrected chi connectivity index (χ2v) is 10.5. The zero-order chi connectivity index (χ0) is 22.6. The molecule has 2 aromatic heterocycles. The fraction of sp³-hybridized carbons (Fsp3) is 0.120. The summed E-state index contributed by atoms with van der Waals surface area (Å²) in [6.45, 7) is 0. The lowest BCUT2D eigenvalue weighted by Crippen LogP contribution is -2.03. The first kappa shape index (κ1) is 20.2. The van der Waals surface area contributed by atoms with E-state index in [2.05, 4.69) is 27.3 Å². The van der Waals surface area contributed by atoms with Gasteiger partial charge < -0.3 is 9.51 Å². The molecule has 8 heteroatoms. The van der Waals surface area contributed by atoms with Gasteiger partial charge in [-0.3, -0.25) is 0 Å². The number of H-pyrrole nitrogens is 1. The first-order valence-electron chi connectivity index (χ1n) is 10.5. The number of nitrogens with one attached hydrogen (secondary N) is 1. The Kier molecular flexibility index (Phi) is 4.64. The standard InChI is InChI=1S/C25H18ClN3O3S/c26-16-11-12-21-20(13-16)23(33(30,31)17-9-5-2-6-10-17)22(27-21)24-28-25(32-29-24)19-14-18(19)15-7-3-1-4-8-15/h1-13,18-19,27H,14H2/t18-,19+/m0/s1. The van der Waals surface area contributed by atoms with Crippen molar-refractivity contribution >= 4 is 32.3 Å². The molecule has 0 spiro atoms. The van der Waals surface area contributed by atoms with E-state index < -0.39 is 9.84 Å².